The molecule has 19 heavy (non-hydrogen) atoms. The molecular formula is C11H10N4O3S. The number of benzene rings is 1. The van der Waals surface area contributed by atoms with E-state index in [9.17, 15) is 14.9 Å². The predicted molar refractivity (Wildman–Crippen MR) is 71.4 cm³/mol. The van der Waals surface area contributed by atoms with Crippen LogP contribution in [0.25, 0.3) is 0 Å². The van der Waals surface area contributed by atoms with Crippen LogP contribution < -0.4 is 5.32 Å². The van der Waals surface area contributed by atoms with Crippen molar-refractivity contribution in [1.29, 1.82) is 0 Å². The van der Waals surface area contributed by atoms with Gasteiger partial charge in [0.2, 0.25) is 5.95 Å². The Kier molecular flexibility index (Phi) is 3.81. The normalized spacial score (nSPS) is 10.2. The standard InChI is InChI=1S/C11H10N4O3S/c1-19-7-2-3-9(15(17)18)8(6-7)10(16)14-11-12-4-5-13-11/h2-6H,1H3,(H2,12,13,14,16). The number of nitrogens with zero attached hydrogens (tertiary/aromatic N) is 2. The topological polar surface area (TPSA) is 101 Å². The summed E-state index contributed by atoms with van der Waals surface area (Å²) in [6, 6.07) is 4.41. The number of thioether (sulfide) groups is 1. The summed E-state index contributed by atoms with van der Waals surface area (Å²) in [5, 5.41) is 13.4. The number of anilines is 1. The maximum absolute atomic E-state index is 12.0. The number of hydrogen-bond donors (Lipinski definition) is 2. The van der Waals surface area contributed by atoms with Crippen molar-refractivity contribution in [2.75, 3.05) is 11.6 Å². The summed E-state index contributed by atoms with van der Waals surface area (Å²) in [5.41, 5.74) is -0.227. The molecule has 2 N–H and O–H groups in total. The summed E-state index contributed by atoms with van der Waals surface area (Å²) in [6.07, 6.45) is 4.85. The van der Waals surface area contributed by atoms with Gasteiger partial charge in [0.05, 0.1) is 4.92 Å². The summed E-state index contributed by atoms with van der Waals surface area (Å²) in [5.74, 6) is -0.327. The van der Waals surface area contributed by atoms with Crippen LogP contribution in [0, 0.1) is 10.1 Å². The molecule has 0 saturated carbocycles. The molecule has 1 amide bonds. The highest BCUT2D eigenvalue weighted by Gasteiger charge is 2.21. The fraction of sp³-hybridized carbons (Fsp3) is 0.0909. The Labute approximate surface area is 112 Å². The first-order valence-corrected chi connectivity index (χ1v) is 6.47. The molecular weight excluding hydrogens is 268 g/mol. The van der Waals surface area contributed by atoms with Gasteiger partial charge < -0.3 is 4.98 Å². The van der Waals surface area contributed by atoms with E-state index in [1.807, 2.05) is 6.26 Å². The number of aromatic nitrogens is 2. The van der Waals surface area contributed by atoms with Crippen LogP contribution in [-0.4, -0.2) is 27.1 Å². The van der Waals surface area contributed by atoms with Crippen LogP contribution in [0.15, 0.2) is 35.5 Å². The van der Waals surface area contributed by atoms with E-state index in [1.54, 1.807) is 12.3 Å². The van der Waals surface area contributed by atoms with Crippen LogP contribution >= 0.6 is 11.8 Å². The number of H-pyrrole nitrogens is 1. The summed E-state index contributed by atoms with van der Waals surface area (Å²) >= 11 is 1.40. The van der Waals surface area contributed by atoms with E-state index < -0.39 is 10.8 Å². The van der Waals surface area contributed by atoms with Gasteiger partial charge in [-0.05, 0) is 18.4 Å². The van der Waals surface area contributed by atoms with E-state index >= 15 is 0 Å². The van der Waals surface area contributed by atoms with E-state index in [4.69, 9.17) is 0 Å². The number of nitro benzene ring substituents is 1. The van der Waals surface area contributed by atoms with Gasteiger partial charge in [0.15, 0.2) is 0 Å². The minimum absolute atomic E-state index is 0.00764. The highest BCUT2D eigenvalue weighted by atomic mass is 32.2. The van der Waals surface area contributed by atoms with Crippen LogP contribution in [0.4, 0.5) is 11.6 Å². The number of rotatable bonds is 4. The smallest absolute Gasteiger partial charge is 0.282 e. The average Bonchev–Trinajstić information content (AvgIpc) is 2.90. The Morgan fingerprint density at radius 1 is 1.53 bits per heavy atom. The molecule has 2 aromatic rings. The molecule has 8 heteroatoms. The second-order valence-electron chi connectivity index (χ2n) is 3.53. The van der Waals surface area contributed by atoms with E-state index in [-0.39, 0.29) is 17.2 Å². The third kappa shape index (κ3) is 2.91. The number of hydrogen-bond acceptors (Lipinski definition) is 5. The van der Waals surface area contributed by atoms with Crippen molar-refractivity contribution >= 4 is 29.3 Å². The van der Waals surface area contributed by atoms with E-state index in [2.05, 4.69) is 15.3 Å². The van der Waals surface area contributed by atoms with E-state index in [0.717, 1.165) is 4.90 Å². The van der Waals surface area contributed by atoms with Crippen molar-refractivity contribution in [2.45, 2.75) is 4.90 Å². The number of amides is 1. The molecule has 7 nitrogen and oxygen atoms in total. The van der Waals surface area contributed by atoms with Crippen LogP contribution in [0.5, 0.6) is 0 Å². The molecule has 0 aliphatic rings. The van der Waals surface area contributed by atoms with Crippen LogP contribution in [0.1, 0.15) is 10.4 Å². The second-order valence-corrected chi connectivity index (χ2v) is 4.41. The zero-order chi connectivity index (χ0) is 13.8. The molecule has 1 aromatic heterocycles. The van der Waals surface area contributed by atoms with Gasteiger partial charge in [-0.3, -0.25) is 20.2 Å². The fourth-order valence-corrected chi connectivity index (χ4v) is 1.93. The molecule has 0 spiro atoms. The summed E-state index contributed by atoms with van der Waals surface area (Å²) in [6.45, 7) is 0. The van der Waals surface area contributed by atoms with Crippen molar-refractivity contribution in [2.24, 2.45) is 0 Å². The van der Waals surface area contributed by atoms with Crippen LogP contribution in [0.2, 0.25) is 0 Å². The third-order valence-corrected chi connectivity index (χ3v) is 3.10. The molecule has 0 aliphatic heterocycles. The number of nitro groups is 1. The first kappa shape index (κ1) is 13.1. The van der Waals surface area contributed by atoms with Gasteiger partial charge in [-0.1, -0.05) is 0 Å². The molecule has 0 radical (unpaired) electrons. The largest absolute Gasteiger partial charge is 0.331 e. The highest BCUT2D eigenvalue weighted by Crippen LogP contribution is 2.25. The zero-order valence-corrected chi connectivity index (χ0v) is 10.7. The molecule has 1 aromatic carbocycles. The Morgan fingerprint density at radius 3 is 2.89 bits per heavy atom. The molecule has 0 unspecified atom stereocenters. The lowest BCUT2D eigenvalue weighted by Crippen LogP contribution is -2.15. The van der Waals surface area contributed by atoms with E-state index in [0.29, 0.717) is 0 Å². The van der Waals surface area contributed by atoms with Gasteiger partial charge in [0.1, 0.15) is 5.56 Å². The van der Waals surface area contributed by atoms with E-state index in [1.165, 1.54) is 30.1 Å². The van der Waals surface area contributed by atoms with Crippen molar-refractivity contribution in [3.63, 3.8) is 0 Å². The van der Waals surface area contributed by atoms with Crippen molar-refractivity contribution in [3.05, 3.63) is 46.3 Å². The monoisotopic (exact) mass is 278 g/mol. The first-order chi connectivity index (χ1) is 9.11. The van der Waals surface area contributed by atoms with Gasteiger partial charge in [-0.15, -0.1) is 11.8 Å². The Balaban J connectivity index is 2.35. The predicted octanol–water partition coefficient (Wildman–Crippen LogP) is 2.29. The van der Waals surface area contributed by atoms with Crippen LogP contribution in [-0.2, 0) is 0 Å². The molecule has 2 rings (SSSR count). The van der Waals surface area contributed by atoms with Crippen molar-refractivity contribution in [3.8, 4) is 0 Å². The SMILES string of the molecule is CSc1ccc([N+](=O)[O-])c(C(=O)Nc2ncc[nH]2)c1. The summed E-state index contributed by atoms with van der Waals surface area (Å²) in [7, 11) is 0. The second kappa shape index (κ2) is 5.53. The van der Waals surface area contributed by atoms with Gasteiger partial charge in [0, 0.05) is 23.4 Å². The minimum atomic E-state index is -0.582. The summed E-state index contributed by atoms with van der Waals surface area (Å²) < 4.78 is 0. The maximum atomic E-state index is 12.0. The number of carbonyl (C=O) groups excluding carboxylic acids is 1. The number of nitrogens with one attached hydrogen (secondary N) is 2. The third-order valence-electron chi connectivity index (χ3n) is 2.38. The Bertz CT molecular complexity index is 612. The molecule has 98 valence electrons. The number of carbonyl (C=O) groups is 1. The molecule has 0 bridgehead atoms. The maximum Gasteiger partial charge on any atom is 0.282 e. The Hall–Kier alpha value is -2.35. The molecule has 1 heterocycles. The fourth-order valence-electron chi connectivity index (χ4n) is 1.49. The quantitative estimate of drug-likeness (QED) is 0.507. The van der Waals surface area contributed by atoms with Gasteiger partial charge in [-0.25, -0.2) is 4.98 Å². The number of imidazole rings is 1. The molecule has 0 saturated heterocycles. The molecule has 0 atom stereocenters. The average molecular weight is 278 g/mol. The minimum Gasteiger partial charge on any atom is -0.331 e. The van der Waals surface area contributed by atoms with Crippen molar-refractivity contribution < 1.29 is 9.72 Å². The Morgan fingerprint density at radius 2 is 2.32 bits per heavy atom. The highest BCUT2D eigenvalue weighted by molar-refractivity contribution is 7.98. The first-order valence-electron chi connectivity index (χ1n) is 5.25. The van der Waals surface area contributed by atoms with Gasteiger partial charge >= 0.3 is 0 Å². The summed E-state index contributed by atoms with van der Waals surface area (Å²) in [4.78, 5) is 29.7. The van der Waals surface area contributed by atoms with Gasteiger partial charge in [0.25, 0.3) is 11.6 Å². The zero-order valence-electron chi connectivity index (χ0n) is 9.91. The molecule has 0 fully saturated rings. The van der Waals surface area contributed by atoms with Gasteiger partial charge in [-0.2, -0.15) is 0 Å². The van der Waals surface area contributed by atoms with Crippen molar-refractivity contribution in [1.82, 2.24) is 9.97 Å². The lowest BCUT2D eigenvalue weighted by atomic mass is 10.1. The lowest BCUT2D eigenvalue weighted by molar-refractivity contribution is -0.385. The van der Waals surface area contributed by atoms with Crippen LogP contribution in [0.3, 0.4) is 0 Å². The molecule has 0 aliphatic carbocycles. The number of aromatic amines is 1. The lowest BCUT2D eigenvalue weighted by Gasteiger charge is -2.05.